The molecule has 16 heavy (non-hydrogen) atoms. The van der Waals surface area contributed by atoms with Crippen LogP contribution in [0.3, 0.4) is 0 Å². The van der Waals surface area contributed by atoms with E-state index in [1.165, 1.54) is 0 Å². The van der Waals surface area contributed by atoms with Crippen molar-refractivity contribution in [2.75, 3.05) is 5.73 Å². The molecule has 0 saturated carbocycles. The lowest BCUT2D eigenvalue weighted by Crippen LogP contribution is -2.01. The zero-order valence-electron chi connectivity index (χ0n) is 9.27. The van der Waals surface area contributed by atoms with Crippen molar-refractivity contribution < 1.29 is 4.63 Å². The van der Waals surface area contributed by atoms with Crippen molar-refractivity contribution in [2.24, 2.45) is 0 Å². The number of hydrogen-bond donors (Lipinski definition) is 1. The first-order valence-electron chi connectivity index (χ1n) is 5.13. The van der Waals surface area contributed by atoms with Gasteiger partial charge in [0.05, 0.1) is 0 Å². The van der Waals surface area contributed by atoms with Crippen LogP contribution < -0.4 is 5.73 Å². The first-order valence-corrected chi connectivity index (χ1v) is 5.13. The Labute approximate surface area is 92.9 Å². The zero-order chi connectivity index (χ0) is 11.5. The minimum Gasteiger partial charge on any atom is -0.368 e. The van der Waals surface area contributed by atoms with Crippen LogP contribution in [-0.4, -0.2) is 20.3 Å². The summed E-state index contributed by atoms with van der Waals surface area (Å²) in [7, 11) is 0. The van der Waals surface area contributed by atoms with Gasteiger partial charge in [0.2, 0.25) is 5.95 Å². The van der Waals surface area contributed by atoms with Crippen molar-refractivity contribution >= 4 is 5.95 Å². The van der Waals surface area contributed by atoms with Crippen molar-refractivity contribution in [3.05, 3.63) is 17.5 Å². The second-order valence-electron chi connectivity index (χ2n) is 3.55. The van der Waals surface area contributed by atoms with Gasteiger partial charge in [-0.3, -0.25) is 0 Å². The number of rotatable bonds is 3. The molecule has 0 unspecified atom stereocenters. The SMILES string of the molecule is CCCc1cnc(N)nc1-c1nonc1C. The molecule has 0 spiro atoms. The van der Waals surface area contributed by atoms with E-state index in [2.05, 4.69) is 31.8 Å². The molecule has 2 rings (SSSR count). The van der Waals surface area contributed by atoms with Gasteiger partial charge in [-0.1, -0.05) is 18.5 Å². The predicted octanol–water partition coefficient (Wildman–Crippen LogP) is 1.37. The van der Waals surface area contributed by atoms with Crippen molar-refractivity contribution in [2.45, 2.75) is 26.7 Å². The van der Waals surface area contributed by atoms with Gasteiger partial charge >= 0.3 is 0 Å². The van der Waals surface area contributed by atoms with Gasteiger partial charge in [0.25, 0.3) is 0 Å². The van der Waals surface area contributed by atoms with Crippen molar-refractivity contribution in [3.63, 3.8) is 0 Å². The van der Waals surface area contributed by atoms with E-state index in [0.29, 0.717) is 17.1 Å². The van der Waals surface area contributed by atoms with Gasteiger partial charge in [0.15, 0.2) is 5.69 Å². The highest BCUT2D eigenvalue weighted by molar-refractivity contribution is 5.61. The molecule has 6 nitrogen and oxygen atoms in total. The first-order chi connectivity index (χ1) is 7.72. The maximum absolute atomic E-state index is 5.58. The fraction of sp³-hybridized carbons (Fsp3) is 0.400. The predicted molar refractivity (Wildman–Crippen MR) is 58.5 cm³/mol. The van der Waals surface area contributed by atoms with Gasteiger partial charge in [-0.2, -0.15) is 0 Å². The molecule has 2 aromatic rings. The lowest BCUT2D eigenvalue weighted by molar-refractivity contribution is 0.305. The fourth-order valence-electron chi connectivity index (χ4n) is 1.52. The first kappa shape index (κ1) is 10.5. The van der Waals surface area contributed by atoms with Crippen molar-refractivity contribution in [1.82, 2.24) is 20.3 Å². The summed E-state index contributed by atoms with van der Waals surface area (Å²) in [6.07, 6.45) is 3.61. The van der Waals surface area contributed by atoms with Crippen LogP contribution in [0.1, 0.15) is 24.6 Å². The number of nitrogens with zero attached hydrogens (tertiary/aromatic N) is 4. The van der Waals surface area contributed by atoms with Crippen molar-refractivity contribution in [3.8, 4) is 11.4 Å². The summed E-state index contributed by atoms with van der Waals surface area (Å²) < 4.78 is 4.67. The molecule has 0 fully saturated rings. The topological polar surface area (TPSA) is 90.7 Å². The van der Waals surface area contributed by atoms with E-state index in [0.717, 1.165) is 18.4 Å². The number of hydrogen-bond acceptors (Lipinski definition) is 6. The summed E-state index contributed by atoms with van der Waals surface area (Å²) >= 11 is 0. The van der Waals surface area contributed by atoms with Crippen molar-refractivity contribution in [1.29, 1.82) is 0 Å². The zero-order valence-corrected chi connectivity index (χ0v) is 9.27. The Kier molecular flexibility index (Phi) is 2.80. The Hall–Kier alpha value is -1.98. The molecule has 0 aliphatic rings. The Morgan fingerprint density at radius 3 is 2.75 bits per heavy atom. The monoisotopic (exact) mass is 219 g/mol. The van der Waals surface area contributed by atoms with Gasteiger partial charge in [-0.25, -0.2) is 14.6 Å². The summed E-state index contributed by atoms with van der Waals surface area (Å²) in [6, 6.07) is 0. The smallest absolute Gasteiger partial charge is 0.220 e. The van der Waals surface area contributed by atoms with Crippen LogP contribution in [0.4, 0.5) is 5.95 Å². The minimum absolute atomic E-state index is 0.234. The summed E-state index contributed by atoms with van der Waals surface area (Å²) in [5.74, 6) is 0.234. The molecular weight excluding hydrogens is 206 g/mol. The summed E-state index contributed by atoms with van der Waals surface area (Å²) in [5.41, 5.74) is 8.65. The average Bonchev–Trinajstić information content (AvgIpc) is 2.67. The number of nitrogens with two attached hydrogens (primary N) is 1. The van der Waals surface area contributed by atoms with E-state index < -0.39 is 0 Å². The minimum atomic E-state index is 0.234. The van der Waals surface area contributed by atoms with Gasteiger partial charge in [0.1, 0.15) is 11.4 Å². The molecule has 0 radical (unpaired) electrons. The van der Waals surface area contributed by atoms with Gasteiger partial charge in [0, 0.05) is 6.20 Å². The number of nitrogen functional groups attached to an aromatic ring is 1. The van der Waals surface area contributed by atoms with Crippen LogP contribution in [-0.2, 0) is 6.42 Å². The molecule has 0 atom stereocenters. The highest BCUT2D eigenvalue weighted by Gasteiger charge is 2.15. The Morgan fingerprint density at radius 2 is 2.12 bits per heavy atom. The molecule has 6 heteroatoms. The molecule has 84 valence electrons. The highest BCUT2D eigenvalue weighted by atomic mass is 16.6. The van der Waals surface area contributed by atoms with Gasteiger partial charge in [-0.15, -0.1) is 0 Å². The number of aryl methyl sites for hydroxylation is 2. The van der Waals surface area contributed by atoms with Gasteiger partial charge < -0.3 is 5.73 Å². The van der Waals surface area contributed by atoms with Gasteiger partial charge in [-0.05, 0) is 24.1 Å². The van der Waals surface area contributed by atoms with Crippen LogP contribution in [0, 0.1) is 6.92 Å². The van der Waals surface area contributed by atoms with Crippen LogP contribution in [0.2, 0.25) is 0 Å². The van der Waals surface area contributed by atoms with E-state index in [-0.39, 0.29) is 5.95 Å². The molecule has 0 aliphatic heterocycles. The summed E-state index contributed by atoms with van der Waals surface area (Å²) in [5, 5.41) is 7.57. The molecule has 0 saturated heterocycles. The van der Waals surface area contributed by atoms with Crippen LogP contribution in [0.15, 0.2) is 10.8 Å². The molecule has 0 bridgehead atoms. The average molecular weight is 219 g/mol. The molecule has 2 aromatic heterocycles. The van der Waals surface area contributed by atoms with E-state index in [4.69, 9.17) is 5.73 Å². The third kappa shape index (κ3) is 1.86. The lowest BCUT2D eigenvalue weighted by atomic mass is 10.1. The number of anilines is 1. The molecule has 2 N–H and O–H groups in total. The maximum atomic E-state index is 5.58. The second-order valence-corrected chi connectivity index (χ2v) is 3.55. The normalized spacial score (nSPS) is 10.6. The van der Waals surface area contributed by atoms with Crippen LogP contribution >= 0.6 is 0 Å². The van der Waals surface area contributed by atoms with E-state index in [1.54, 1.807) is 6.20 Å². The largest absolute Gasteiger partial charge is 0.368 e. The second kappa shape index (κ2) is 4.26. The van der Waals surface area contributed by atoms with E-state index >= 15 is 0 Å². The van der Waals surface area contributed by atoms with Crippen LogP contribution in [0.5, 0.6) is 0 Å². The number of aromatic nitrogens is 4. The Morgan fingerprint density at radius 1 is 1.31 bits per heavy atom. The Balaban J connectivity index is 2.53. The third-order valence-corrected chi connectivity index (χ3v) is 2.28. The molecule has 0 aliphatic carbocycles. The quantitative estimate of drug-likeness (QED) is 0.838. The summed E-state index contributed by atoms with van der Waals surface area (Å²) in [6.45, 7) is 3.91. The molecule has 0 aromatic carbocycles. The molecule has 2 heterocycles. The third-order valence-electron chi connectivity index (χ3n) is 2.28. The maximum Gasteiger partial charge on any atom is 0.220 e. The summed E-state index contributed by atoms with van der Waals surface area (Å²) in [4.78, 5) is 8.19. The van der Waals surface area contributed by atoms with Crippen LogP contribution in [0.25, 0.3) is 11.4 Å². The lowest BCUT2D eigenvalue weighted by Gasteiger charge is -2.05. The Bertz CT molecular complexity index is 494. The van der Waals surface area contributed by atoms with E-state index in [9.17, 15) is 0 Å². The van der Waals surface area contributed by atoms with E-state index in [1.807, 2.05) is 6.92 Å². The molecular formula is C10H13N5O. The highest BCUT2D eigenvalue weighted by Crippen LogP contribution is 2.23. The molecule has 0 amide bonds. The fourth-order valence-corrected chi connectivity index (χ4v) is 1.52. The standard InChI is InChI=1S/C10H13N5O/c1-3-4-7-5-12-10(11)13-9(7)8-6(2)14-16-15-8/h5H,3-4H2,1-2H3,(H2,11,12,13).